The van der Waals surface area contributed by atoms with Crippen molar-refractivity contribution in [1.82, 2.24) is 5.32 Å². The zero-order valence-corrected chi connectivity index (χ0v) is 11.2. The first-order valence-corrected chi connectivity index (χ1v) is 6.54. The van der Waals surface area contributed by atoms with E-state index in [0.29, 0.717) is 11.8 Å². The van der Waals surface area contributed by atoms with Crippen molar-refractivity contribution < 1.29 is 5.11 Å². The van der Waals surface area contributed by atoms with Gasteiger partial charge < -0.3 is 10.4 Å². The molecule has 1 aromatic carbocycles. The summed E-state index contributed by atoms with van der Waals surface area (Å²) < 4.78 is 0. The van der Waals surface area contributed by atoms with Crippen molar-refractivity contribution in [2.45, 2.75) is 39.7 Å². The fourth-order valence-electron chi connectivity index (χ4n) is 1.81. The fourth-order valence-corrected chi connectivity index (χ4v) is 1.81. The van der Waals surface area contributed by atoms with Gasteiger partial charge in [0.05, 0.1) is 0 Å². The summed E-state index contributed by atoms with van der Waals surface area (Å²) in [6.07, 6.45) is 0.874. The number of aliphatic hydroxyl groups is 1. The van der Waals surface area contributed by atoms with Gasteiger partial charge in [-0.05, 0) is 35.9 Å². The first kappa shape index (κ1) is 14.2. The Morgan fingerprint density at radius 1 is 1.12 bits per heavy atom. The average Bonchev–Trinajstić information content (AvgIpc) is 2.30. The number of hydrogen-bond donors (Lipinski definition) is 2. The first-order chi connectivity index (χ1) is 8.13. The third-order valence-corrected chi connectivity index (χ3v) is 3.09. The van der Waals surface area contributed by atoms with E-state index < -0.39 is 0 Å². The standard InChI is InChI=1S/C15H25NO/c1-12(2)15-6-4-14(5-7-15)11-16-10-13(3)8-9-17/h4-7,12-13,16-17H,8-11H2,1-3H3. The van der Waals surface area contributed by atoms with E-state index in [1.54, 1.807) is 0 Å². The Balaban J connectivity index is 2.32. The molecule has 0 aromatic heterocycles. The lowest BCUT2D eigenvalue weighted by atomic mass is 10.0. The summed E-state index contributed by atoms with van der Waals surface area (Å²) in [4.78, 5) is 0. The van der Waals surface area contributed by atoms with Crippen LogP contribution in [0.4, 0.5) is 0 Å². The van der Waals surface area contributed by atoms with E-state index in [2.05, 4.69) is 50.4 Å². The van der Waals surface area contributed by atoms with Gasteiger partial charge in [-0.1, -0.05) is 45.0 Å². The summed E-state index contributed by atoms with van der Waals surface area (Å²) >= 11 is 0. The maximum atomic E-state index is 8.81. The molecule has 0 radical (unpaired) electrons. The molecule has 0 aliphatic carbocycles. The summed E-state index contributed by atoms with van der Waals surface area (Å²) in [5.41, 5.74) is 2.72. The van der Waals surface area contributed by atoms with Crippen molar-refractivity contribution in [2.24, 2.45) is 5.92 Å². The lowest BCUT2D eigenvalue weighted by Crippen LogP contribution is -2.21. The lowest BCUT2D eigenvalue weighted by Gasteiger charge is -2.11. The maximum Gasteiger partial charge on any atom is 0.0434 e. The molecule has 0 aliphatic rings. The summed E-state index contributed by atoms with van der Waals surface area (Å²) in [6, 6.07) is 8.80. The molecule has 2 heteroatoms. The predicted molar refractivity (Wildman–Crippen MR) is 73.1 cm³/mol. The highest BCUT2D eigenvalue weighted by atomic mass is 16.3. The molecule has 17 heavy (non-hydrogen) atoms. The highest BCUT2D eigenvalue weighted by Crippen LogP contribution is 2.14. The number of aliphatic hydroxyl groups excluding tert-OH is 1. The van der Waals surface area contributed by atoms with Gasteiger partial charge in [-0.2, -0.15) is 0 Å². The minimum Gasteiger partial charge on any atom is -0.396 e. The Morgan fingerprint density at radius 2 is 1.76 bits per heavy atom. The Kier molecular flexibility index (Phi) is 6.23. The van der Waals surface area contributed by atoms with Crippen molar-refractivity contribution in [1.29, 1.82) is 0 Å². The van der Waals surface area contributed by atoms with Crippen LogP contribution in [0.25, 0.3) is 0 Å². The maximum absolute atomic E-state index is 8.81. The van der Waals surface area contributed by atoms with Crippen LogP contribution in [0.5, 0.6) is 0 Å². The van der Waals surface area contributed by atoms with Gasteiger partial charge >= 0.3 is 0 Å². The molecule has 0 spiro atoms. The molecular weight excluding hydrogens is 210 g/mol. The molecule has 1 unspecified atom stereocenters. The van der Waals surface area contributed by atoms with Crippen LogP contribution in [0.15, 0.2) is 24.3 Å². The van der Waals surface area contributed by atoms with Crippen LogP contribution in [0, 0.1) is 5.92 Å². The minimum absolute atomic E-state index is 0.284. The van der Waals surface area contributed by atoms with Crippen LogP contribution in [0.1, 0.15) is 44.2 Å². The topological polar surface area (TPSA) is 32.3 Å². The van der Waals surface area contributed by atoms with E-state index in [0.717, 1.165) is 19.5 Å². The molecule has 2 N–H and O–H groups in total. The Morgan fingerprint density at radius 3 is 2.29 bits per heavy atom. The lowest BCUT2D eigenvalue weighted by molar-refractivity contribution is 0.260. The molecule has 1 atom stereocenters. The number of benzene rings is 1. The van der Waals surface area contributed by atoms with E-state index in [-0.39, 0.29) is 6.61 Å². The second kappa shape index (κ2) is 7.46. The monoisotopic (exact) mass is 235 g/mol. The summed E-state index contributed by atoms with van der Waals surface area (Å²) in [6.45, 7) is 8.74. The van der Waals surface area contributed by atoms with Gasteiger partial charge in [0.15, 0.2) is 0 Å². The zero-order chi connectivity index (χ0) is 12.7. The molecule has 0 fully saturated rings. The first-order valence-electron chi connectivity index (χ1n) is 6.54. The van der Waals surface area contributed by atoms with E-state index in [1.807, 2.05) is 0 Å². The second-order valence-electron chi connectivity index (χ2n) is 5.14. The van der Waals surface area contributed by atoms with Gasteiger partial charge in [0.2, 0.25) is 0 Å². The minimum atomic E-state index is 0.284. The molecule has 0 heterocycles. The van der Waals surface area contributed by atoms with Gasteiger partial charge in [0.25, 0.3) is 0 Å². The van der Waals surface area contributed by atoms with Gasteiger partial charge in [-0.15, -0.1) is 0 Å². The van der Waals surface area contributed by atoms with Crippen LogP contribution in [0.3, 0.4) is 0 Å². The third kappa shape index (κ3) is 5.33. The molecule has 1 aromatic rings. The molecule has 2 nitrogen and oxygen atoms in total. The van der Waals surface area contributed by atoms with E-state index in [4.69, 9.17) is 5.11 Å². The molecule has 0 saturated carbocycles. The largest absolute Gasteiger partial charge is 0.396 e. The summed E-state index contributed by atoms with van der Waals surface area (Å²) in [5, 5.41) is 12.2. The number of nitrogens with one attached hydrogen (secondary N) is 1. The number of hydrogen-bond acceptors (Lipinski definition) is 2. The van der Waals surface area contributed by atoms with Crippen LogP contribution < -0.4 is 5.32 Å². The van der Waals surface area contributed by atoms with Gasteiger partial charge in [0.1, 0.15) is 0 Å². The average molecular weight is 235 g/mol. The second-order valence-corrected chi connectivity index (χ2v) is 5.14. The number of rotatable bonds is 7. The molecule has 0 bridgehead atoms. The van der Waals surface area contributed by atoms with Crippen LogP contribution in [-0.4, -0.2) is 18.3 Å². The van der Waals surface area contributed by atoms with Gasteiger partial charge in [-0.25, -0.2) is 0 Å². The van der Waals surface area contributed by atoms with E-state index >= 15 is 0 Å². The van der Waals surface area contributed by atoms with Crippen molar-refractivity contribution >= 4 is 0 Å². The zero-order valence-electron chi connectivity index (χ0n) is 11.2. The van der Waals surface area contributed by atoms with Gasteiger partial charge in [0, 0.05) is 13.2 Å². The highest BCUT2D eigenvalue weighted by molar-refractivity contribution is 5.24. The fraction of sp³-hybridized carbons (Fsp3) is 0.600. The normalized spacial score (nSPS) is 13.0. The van der Waals surface area contributed by atoms with E-state index in [9.17, 15) is 0 Å². The van der Waals surface area contributed by atoms with Crippen LogP contribution in [0.2, 0.25) is 0 Å². The molecule has 96 valence electrons. The predicted octanol–water partition coefficient (Wildman–Crippen LogP) is 2.92. The quantitative estimate of drug-likeness (QED) is 0.761. The van der Waals surface area contributed by atoms with Crippen LogP contribution >= 0.6 is 0 Å². The van der Waals surface area contributed by atoms with E-state index in [1.165, 1.54) is 11.1 Å². The Bertz CT molecular complexity index is 305. The van der Waals surface area contributed by atoms with Gasteiger partial charge in [-0.3, -0.25) is 0 Å². The van der Waals surface area contributed by atoms with Crippen molar-refractivity contribution in [3.05, 3.63) is 35.4 Å². The Hall–Kier alpha value is -0.860. The van der Waals surface area contributed by atoms with Crippen molar-refractivity contribution in [2.75, 3.05) is 13.2 Å². The summed E-state index contributed by atoms with van der Waals surface area (Å²) in [5.74, 6) is 1.14. The smallest absolute Gasteiger partial charge is 0.0434 e. The Labute approximate surface area is 105 Å². The van der Waals surface area contributed by atoms with Crippen LogP contribution in [-0.2, 0) is 6.54 Å². The molecular formula is C15H25NO. The molecule has 0 saturated heterocycles. The molecule has 1 rings (SSSR count). The highest BCUT2D eigenvalue weighted by Gasteiger charge is 2.01. The summed E-state index contributed by atoms with van der Waals surface area (Å²) in [7, 11) is 0. The third-order valence-electron chi connectivity index (χ3n) is 3.09. The van der Waals surface area contributed by atoms with Crippen molar-refractivity contribution in [3.8, 4) is 0 Å². The SMILES string of the molecule is CC(CCO)CNCc1ccc(C(C)C)cc1. The van der Waals surface area contributed by atoms with Crippen molar-refractivity contribution in [3.63, 3.8) is 0 Å². The molecule has 0 amide bonds. The molecule has 0 aliphatic heterocycles.